The molecule has 2 aliphatic carbocycles. The number of carbonyl (C=O) groups is 6. The van der Waals surface area contributed by atoms with Gasteiger partial charge in [0.2, 0.25) is 0 Å². The summed E-state index contributed by atoms with van der Waals surface area (Å²) in [6.45, 7) is 8.89. The molecule has 0 saturated heterocycles. The van der Waals surface area contributed by atoms with Crippen LogP contribution >= 0.6 is 11.3 Å². The molecule has 2 saturated carbocycles. The molecule has 0 spiro atoms. The van der Waals surface area contributed by atoms with Gasteiger partial charge in [0.25, 0.3) is 5.69 Å². The first-order valence-electron chi connectivity index (χ1n) is 31.5. The number of fused-ring (bicyclic) bond motifs is 1. The lowest BCUT2D eigenvalue weighted by Crippen LogP contribution is -2.30. The number of nitro groups is 1. The van der Waals surface area contributed by atoms with Crippen LogP contribution in [-0.4, -0.2) is 72.2 Å². The molecule has 0 radical (unpaired) electrons. The number of non-ortho nitro benzene ring substituents is 1. The smallest absolute Gasteiger partial charge is 0.330 e. The summed E-state index contributed by atoms with van der Waals surface area (Å²) in [4.78, 5) is 92.1. The van der Waals surface area contributed by atoms with Crippen molar-refractivity contribution in [3.8, 4) is 45.1 Å². The Bertz CT molecular complexity index is 2880. The maximum absolute atomic E-state index is 13.8. The maximum Gasteiger partial charge on any atom is 0.330 e. The molecule has 2 aliphatic rings. The standard InChI is InChI=1S/C69H84N2O16S/c1-3-61(72)82-47-21-17-13-9-5-7-11-15-19-45-80-55-35-39-57(40-36-55)84-66(74)50-23-27-52(28-24-50)68(76)86-59-43-44-60(64-63(59)70-65(88-64)49-31-33-54(34-32-49)71(78)79)87-69(77)53-29-25-51(26-30-53)67(75)85-58-41-37-56(38-42-58)81-46-20-16-12-8-6-10-14-18-22-48-83-62(73)4-2/h3-4,31-44,50-53H,1-2,5-30,45-48H2. The highest BCUT2D eigenvalue weighted by molar-refractivity contribution is 7.22. The molecule has 0 amide bonds. The number of rotatable bonds is 38. The van der Waals surface area contributed by atoms with Crippen molar-refractivity contribution in [3.63, 3.8) is 0 Å². The molecule has 5 aromatic rings. The Morgan fingerprint density at radius 1 is 0.443 bits per heavy atom. The average Bonchev–Trinajstić information content (AvgIpc) is 1.91. The largest absolute Gasteiger partial charge is 0.494 e. The van der Waals surface area contributed by atoms with E-state index in [0.717, 1.165) is 77.0 Å². The highest BCUT2D eigenvalue weighted by Gasteiger charge is 2.35. The summed E-state index contributed by atoms with van der Waals surface area (Å²) in [7, 11) is 0. The third kappa shape index (κ3) is 22.7. The summed E-state index contributed by atoms with van der Waals surface area (Å²) in [6, 6.07) is 23.1. The molecule has 7 rings (SSSR count). The molecule has 0 atom stereocenters. The number of hydrogen-bond donors (Lipinski definition) is 0. The highest BCUT2D eigenvalue weighted by Crippen LogP contribution is 2.43. The Morgan fingerprint density at radius 3 is 1.15 bits per heavy atom. The van der Waals surface area contributed by atoms with Gasteiger partial charge in [-0.15, -0.1) is 11.3 Å². The van der Waals surface area contributed by atoms with Gasteiger partial charge in [-0.1, -0.05) is 103 Å². The van der Waals surface area contributed by atoms with Crippen LogP contribution in [0, 0.1) is 33.8 Å². The van der Waals surface area contributed by atoms with Crippen molar-refractivity contribution in [3.05, 3.63) is 120 Å². The Kier molecular flexibility index (Phi) is 28.4. The van der Waals surface area contributed by atoms with Crippen molar-refractivity contribution in [1.29, 1.82) is 0 Å². The molecule has 19 heteroatoms. The van der Waals surface area contributed by atoms with E-state index in [2.05, 4.69) is 13.2 Å². The van der Waals surface area contributed by atoms with Crippen molar-refractivity contribution in [2.75, 3.05) is 26.4 Å². The van der Waals surface area contributed by atoms with Crippen molar-refractivity contribution in [2.24, 2.45) is 23.7 Å². The minimum Gasteiger partial charge on any atom is -0.494 e. The third-order valence-corrected chi connectivity index (χ3v) is 17.1. The molecule has 4 aromatic carbocycles. The molecule has 1 aromatic heterocycles. The van der Waals surface area contributed by atoms with Gasteiger partial charge < -0.3 is 37.9 Å². The van der Waals surface area contributed by atoms with Gasteiger partial charge in [-0.3, -0.25) is 29.3 Å². The van der Waals surface area contributed by atoms with Crippen LogP contribution in [0.25, 0.3) is 20.8 Å². The molecule has 0 aliphatic heterocycles. The van der Waals surface area contributed by atoms with Gasteiger partial charge in [-0.2, -0.15) is 0 Å². The lowest BCUT2D eigenvalue weighted by molar-refractivity contribution is -0.384. The Balaban J connectivity index is 0.813. The Morgan fingerprint density at radius 2 is 0.773 bits per heavy atom. The zero-order valence-electron chi connectivity index (χ0n) is 50.5. The Labute approximate surface area is 519 Å². The fourth-order valence-electron chi connectivity index (χ4n) is 10.8. The van der Waals surface area contributed by atoms with E-state index in [9.17, 15) is 38.9 Å². The van der Waals surface area contributed by atoms with E-state index >= 15 is 0 Å². The molecule has 472 valence electrons. The summed E-state index contributed by atoms with van der Waals surface area (Å²) in [5.41, 5.74) is 0.766. The van der Waals surface area contributed by atoms with E-state index in [-0.39, 0.29) is 46.6 Å². The number of nitrogens with zero attached hydrogens (tertiary/aromatic N) is 2. The van der Waals surface area contributed by atoms with Gasteiger partial charge in [-0.05, 0) is 150 Å². The van der Waals surface area contributed by atoms with Crippen LogP contribution in [0.2, 0.25) is 0 Å². The van der Waals surface area contributed by atoms with Crippen molar-refractivity contribution >= 4 is 63.1 Å². The molecular weight excluding hydrogens is 1140 g/mol. The molecule has 0 bridgehead atoms. The minimum atomic E-state index is -0.494. The Hall–Kier alpha value is -7.93. The van der Waals surface area contributed by atoms with E-state index in [1.807, 2.05) is 0 Å². The number of thiazole rings is 1. The van der Waals surface area contributed by atoms with E-state index in [1.165, 1.54) is 74.1 Å². The number of ether oxygens (including phenoxy) is 8. The lowest BCUT2D eigenvalue weighted by atomic mass is 9.82. The summed E-state index contributed by atoms with van der Waals surface area (Å²) >= 11 is 1.19. The second kappa shape index (κ2) is 37.0. The normalized spacial score (nSPS) is 16.4. The lowest BCUT2D eigenvalue weighted by Gasteiger charge is -2.26. The molecule has 2 fully saturated rings. The minimum absolute atomic E-state index is 0.0900. The summed E-state index contributed by atoms with van der Waals surface area (Å²) in [5.74, 6) is -1.58. The predicted octanol–water partition coefficient (Wildman–Crippen LogP) is 15.7. The topological polar surface area (TPSA) is 232 Å². The average molecular weight is 1230 g/mol. The number of carbonyl (C=O) groups excluding carboxylic acids is 6. The highest BCUT2D eigenvalue weighted by atomic mass is 32.1. The van der Waals surface area contributed by atoms with E-state index in [1.54, 1.807) is 72.8 Å². The summed E-state index contributed by atoms with van der Waals surface area (Å²) < 4.78 is 45.9. The van der Waals surface area contributed by atoms with Crippen molar-refractivity contribution < 1.29 is 71.6 Å². The van der Waals surface area contributed by atoms with Crippen LogP contribution in [0.1, 0.15) is 167 Å². The van der Waals surface area contributed by atoms with Gasteiger partial charge in [0, 0.05) is 29.8 Å². The van der Waals surface area contributed by atoms with Crippen LogP contribution in [0.15, 0.2) is 110 Å². The van der Waals surface area contributed by atoms with Gasteiger partial charge in [0.05, 0.1) is 55.0 Å². The summed E-state index contributed by atoms with van der Waals surface area (Å²) in [5, 5.41) is 11.9. The molecule has 1 heterocycles. The first-order valence-corrected chi connectivity index (χ1v) is 32.3. The number of aromatic nitrogens is 1. The number of unbranched alkanes of at least 4 members (excludes halogenated alkanes) is 16. The van der Waals surface area contributed by atoms with Gasteiger partial charge in [-0.25, -0.2) is 14.6 Å². The first-order chi connectivity index (χ1) is 42.9. The molecular formula is C69H84N2O16S. The quantitative estimate of drug-likeness (QED) is 0.00892. The molecule has 0 N–H and O–H groups in total. The maximum atomic E-state index is 13.8. The number of nitro benzene ring substituents is 1. The third-order valence-electron chi connectivity index (χ3n) is 16.0. The fraction of sp³-hybridized carbons (Fsp3) is 0.493. The van der Waals surface area contributed by atoms with Crippen molar-refractivity contribution in [1.82, 2.24) is 4.98 Å². The molecule has 0 unspecified atom stereocenters. The van der Waals surface area contributed by atoms with E-state index in [0.29, 0.717) is 116 Å². The second-order valence-corrected chi connectivity index (χ2v) is 23.6. The van der Waals surface area contributed by atoms with Gasteiger partial charge in [0.1, 0.15) is 38.2 Å². The number of esters is 6. The molecule has 18 nitrogen and oxygen atoms in total. The zero-order chi connectivity index (χ0) is 62.3. The van der Waals surface area contributed by atoms with Crippen LogP contribution in [-0.2, 0) is 38.2 Å². The van der Waals surface area contributed by atoms with Crippen LogP contribution in [0.3, 0.4) is 0 Å². The van der Waals surface area contributed by atoms with E-state index in [4.69, 9.17) is 42.9 Å². The second-order valence-electron chi connectivity index (χ2n) is 22.6. The van der Waals surface area contributed by atoms with Crippen LogP contribution in [0.5, 0.6) is 34.5 Å². The SMILES string of the molecule is C=CC(=O)OCCCCCCCCCCCOc1ccc(OC(=O)C2CCC(C(=O)Oc3ccc(OC(=O)C4CCC(C(=O)Oc5ccc(OCCCCCCCCCCCOC(=O)C=C)cc5)CC4)c4sc(-c5ccc([N+](=O)[O-])cc5)nc34)CC2)cc1. The molecule has 88 heavy (non-hydrogen) atoms. The fourth-order valence-corrected chi connectivity index (χ4v) is 11.9. The zero-order valence-corrected chi connectivity index (χ0v) is 51.3. The number of benzene rings is 4. The monoisotopic (exact) mass is 1230 g/mol. The summed E-state index contributed by atoms with van der Waals surface area (Å²) in [6.07, 6.45) is 25.3. The van der Waals surface area contributed by atoms with Gasteiger partial charge >= 0.3 is 35.8 Å². The van der Waals surface area contributed by atoms with Crippen LogP contribution < -0.4 is 28.4 Å². The van der Waals surface area contributed by atoms with Gasteiger partial charge in [0.15, 0.2) is 11.5 Å². The van der Waals surface area contributed by atoms with E-state index < -0.39 is 40.5 Å². The van der Waals surface area contributed by atoms with Crippen molar-refractivity contribution in [2.45, 2.75) is 167 Å². The first kappa shape index (κ1) is 67.6. The number of hydrogen-bond acceptors (Lipinski definition) is 18. The predicted molar refractivity (Wildman–Crippen MR) is 334 cm³/mol. The van der Waals surface area contributed by atoms with Crippen LogP contribution in [0.4, 0.5) is 5.69 Å².